The van der Waals surface area contributed by atoms with Crippen molar-refractivity contribution in [2.45, 2.75) is 6.92 Å². The maximum absolute atomic E-state index is 12.1. The van der Waals surface area contributed by atoms with Gasteiger partial charge in [0.2, 0.25) is 0 Å². The Bertz CT molecular complexity index is 595. The zero-order chi connectivity index (χ0) is 13.7. The van der Waals surface area contributed by atoms with Gasteiger partial charge in [0.25, 0.3) is 0 Å². The zero-order valence-corrected chi connectivity index (χ0v) is 11.1. The molecule has 2 heteroatoms. The van der Waals surface area contributed by atoms with Crippen LogP contribution in [0.3, 0.4) is 0 Å². The van der Waals surface area contributed by atoms with Crippen molar-refractivity contribution < 1.29 is 9.53 Å². The number of ketones is 1. The fourth-order valence-corrected chi connectivity index (χ4v) is 1.79. The second-order valence-corrected chi connectivity index (χ2v) is 4.31. The molecule has 0 saturated heterocycles. The first kappa shape index (κ1) is 13.1. The molecule has 0 aromatic heterocycles. The van der Waals surface area contributed by atoms with Crippen molar-refractivity contribution in [1.29, 1.82) is 0 Å². The molecule has 2 nitrogen and oxygen atoms in total. The van der Waals surface area contributed by atoms with Crippen molar-refractivity contribution in [3.63, 3.8) is 0 Å². The van der Waals surface area contributed by atoms with Crippen LogP contribution in [0.5, 0.6) is 5.75 Å². The molecule has 96 valence electrons. The van der Waals surface area contributed by atoms with Gasteiger partial charge in [-0.15, -0.1) is 0 Å². The molecule has 0 aliphatic rings. The normalized spacial score (nSPS) is 10.6. The molecular formula is C17H16O2. The maximum atomic E-state index is 12.1. The van der Waals surface area contributed by atoms with Crippen LogP contribution in [-0.4, -0.2) is 12.9 Å². The SMILES string of the molecule is COc1ccccc1C(=O)/C=C/c1ccc(C)cc1. The quantitative estimate of drug-likeness (QED) is 0.609. The Balaban J connectivity index is 2.19. The number of benzene rings is 2. The number of ether oxygens (including phenoxy) is 1. The van der Waals surface area contributed by atoms with Crippen molar-refractivity contribution in [1.82, 2.24) is 0 Å². The number of carbonyl (C=O) groups excluding carboxylic acids is 1. The summed E-state index contributed by atoms with van der Waals surface area (Å²) in [5.41, 5.74) is 2.79. The van der Waals surface area contributed by atoms with E-state index in [-0.39, 0.29) is 5.78 Å². The summed E-state index contributed by atoms with van der Waals surface area (Å²) in [5.74, 6) is 0.541. The fourth-order valence-electron chi connectivity index (χ4n) is 1.79. The van der Waals surface area contributed by atoms with Gasteiger partial charge in [-0.3, -0.25) is 4.79 Å². The largest absolute Gasteiger partial charge is 0.496 e. The summed E-state index contributed by atoms with van der Waals surface area (Å²) in [6.45, 7) is 2.04. The van der Waals surface area contributed by atoms with Crippen LogP contribution in [0.4, 0.5) is 0 Å². The third-order valence-corrected chi connectivity index (χ3v) is 2.88. The van der Waals surface area contributed by atoms with E-state index in [1.807, 2.05) is 49.4 Å². The molecule has 0 unspecified atom stereocenters. The van der Waals surface area contributed by atoms with Crippen LogP contribution in [0, 0.1) is 6.92 Å². The molecule has 0 aliphatic heterocycles. The van der Waals surface area contributed by atoms with Crippen molar-refractivity contribution in [2.24, 2.45) is 0 Å². The van der Waals surface area contributed by atoms with Crippen molar-refractivity contribution in [2.75, 3.05) is 7.11 Å². The molecule has 0 spiro atoms. The molecule has 0 fully saturated rings. The van der Waals surface area contributed by atoms with Crippen molar-refractivity contribution in [3.8, 4) is 5.75 Å². The summed E-state index contributed by atoms with van der Waals surface area (Å²) in [5, 5.41) is 0. The van der Waals surface area contributed by atoms with Gasteiger partial charge in [0.05, 0.1) is 12.7 Å². The van der Waals surface area contributed by atoms with E-state index in [9.17, 15) is 4.79 Å². The Morgan fingerprint density at radius 1 is 1.05 bits per heavy atom. The molecule has 0 radical (unpaired) electrons. The summed E-state index contributed by atoms with van der Waals surface area (Å²) in [4.78, 5) is 12.1. The summed E-state index contributed by atoms with van der Waals surface area (Å²) in [6.07, 6.45) is 3.39. The molecule has 2 aromatic carbocycles. The molecule has 0 aliphatic carbocycles. The number of para-hydroxylation sites is 1. The number of carbonyl (C=O) groups is 1. The molecule has 0 N–H and O–H groups in total. The lowest BCUT2D eigenvalue weighted by atomic mass is 10.1. The Hall–Kier alpha value is -2.35. The standard InChI is InChI=1S/C17H16O2/c1-13-7-9-14(10-8-13)11-12-16(18)15-5-3-4-6-17(15)19-2/h3-12H,1-2H3/b12-11+. The first-order chi connectivity index (χ1) is 9.20. The van der Waals surface area contributed by atoms with E-state index < -0.39 is 0 Å². The van der Waals surface area contributed by atoms with Gasteiger partial charge in [0.1, 0.15) is 5.75 Å². The van der Waals surface area contributed by atoms with E-state index in [1.54, 1.807) is 25.3 Å². The first-order valence-electron chi connectivity index (χ1n) is 6.13. The van der Waals surface area contributed by atoms with E-state index in [4.69, 9.17) is 4.74 Å². The van der Waals surface area contributed by atoms with Crippen LogP contribution in [0.2, 0.25) is 0 Å². The van der Waals surface area contributed by atoms with E-state index in [1.165, 1.54) is 5.56 Å². The number of rotatable bonds is 4. The smallest absolute Gasteiger partial charge is 0.189 e. The van der Waals surface area contributed by atoms with Gasteiger partial charge in [0, 0.05) is 0 Å². The first-order valence-corrected chi connectivity index (χ1v) is 6.13. The second-order valence-electron chi connectivity index (χ2n) is 4.31. The van der Waals surface area contributed by atoms with E-state index in [0.29, 0.717) is 11.3 Å². The Morgan fingerprint density at radius 2 is 1.74 bits per heavy atom. The molecule has 2 rings (SSSR count). The number of aryl methyl sites for hydroxylation is 1. The van der Waals surface area contributed by atoms with Gasteiger partial charge >= 0.3 is 0 Å². The lowest BCUT2D eigenvalue weighted by molar-refractivity contribution is 0.104. The molecule has 0 bridgehead atoms. The van der Waals surface area contributed by atoms with E-state index in [2.05, 4.69) is 0 Å². The zero-order valence-electron chi connectivity index (χ0n) is 11.1. The van der Waals surface area contributed by atoms with Crippen molar-refractivity contribution >= 4 is 11.9 Å². The third-order valence-electron chi connectivity index (χ3n) is 2.88. The van der Waals surface area contributed by atoms with Gasteiger partial charge in [-0.2, -0.15) is 0 Å². The van der Waals surface area contributed by atoms with Crippen LogP contribution < -0.4 is 4.74 Å². The van der Waals surface area contributed by atoms with Crippen LogP contribution in [0.15, 0.2) is 54.6 Å². The third kappa shape index (κ3) is 3.32. The monoisotopic (exact) mass is 252 g/mol. The van der Waals surface area contributed by atoms with Gasteiger partial charge < -0.3 is 4.74 Å². The van der Waals surface area contributed by atoms with Crippen LogP contribution >= 0.6 is 0 Å². The summed E-state index contributed by atoms with van der Waals surface area (Å²) in [6, 6.07) is 15.2. The highest BCUT2D eigenvalue weighted by Gasteiger charge is 2.07. The van der Waals surface area contributed by atoms with Gasteiger partial charge in [-0.1, -0.05) is 48.0 Å². The van der Waals surface area contributed by atoms with Crippen LogP contribution in [0.25, 0.3) is 6.08 Å². The summed E-state index contributed by atoms with van der Waals surface area (Å²) >= 11 is 0. The minimum absolute atomic E-state index is 0.0574. The number of hydrogen-bond donors (Lipinski definition) is 0. The average molecular weight is 252 g/mol. The number of allylic oxidation sites excluding steroid dienone is 1. The van der Waals surface area contributed by atoms with Gasteiger partial charge in [-0.05, 0) is 30.7 Å². The minimum Gasteiger partial charge on any atom is -0.496 e. The van der Waals surface area contributed by atoms with Gasteiger partial charge in [0.15, 0.2) is 5.78 Å². The number of hydrogen-bond acceptors (Lipinski definition) is 2. The Labute approximate surface area is 113 Å². The lowest BCUT2D eigenvalue weighted by Gasteiger charge is -2.04. The molecule has 19 heavy (non-hydrogen) atoms. The summed E-state index contributed by atoms with van der Waals surface area (Å²) < 4.78 is 5.18. The predicted molar refractivity (Wildman–Crippen MR) is 77.5 cm³/mol. The Kier molecular flexibility index (Phi) is 4.14. The molecule has 0 heterocycles. The molecular weight excluding hydrogens is 236 g/mol. The molecule has 0 atom stereocenters. The minimum atomic E-state index is -0.0574. The highest BCUT2D eigenvalue weighted by atomic mass is 16.5. The lowest BCUT2D eigenvalue weighted by Crippen LogP contribution is -1.98. The summed E-state index contributed by atoms with van der Waals surface area (Å²) in [7, 11) is 1.57. The number of methoxy groups -OCH3 is 1. The van der Waals surface area contributed by atoms with Crippen LogP contribution in [0.1, 0.15) is 21.5 Å². The second kappa shape index (κ2) is 6.01. The highest BCUT2D eigenvalue weighted by Crippen LogP contribution is 2.18. The van der Waals surface area contributed by atoms with E-state index in [0.717, 1.165) is 5.56 Å². The van der Waals surface area contributed by atoms with Crippen LogP contribution in [-0.2, 0) is 0 Å². The van der Waals surface area contributed by atoms with Crippen molar-refractivity contribution in [3.05, 3.63) is 71.3 Å². The van der Waals surface area contributed by atoms with E-state index >= 15 is 0 Å². The maximum Gasteiger partial charge on any atom is 0.189 e. The molecule has 2 aromatic rings. The topological polar surface area (TPSA) is 26.3 Å². The fraction of sp³-hybridized carbons (Fsp3) is 0.118. The van der Waals surface area contributed by atoms with Gasteiger partial charge in [-0.25, -0.2) is 0 Å². The predicted octanol–water partition coefficient (Wildman–Crippen LogP) is 3.90. The Morgan fingerprint density at radius 3 is 2.42 bits per heavy atom. The molecule has 0 saturated carbocycles. The highest BCUT2D eigenvalue weighted by molar-refractivity contribution is 6.08. The average Bonchev–Trinajstić information content (AvgIpc) is 2.46. The molecule has 0 amide bonds.